The van der Waals surface area contributed by atoms with Crippen molar-refractivity contribution in [2.24, 2.45) is 10.1 Å². The van der Waals surface area contributed by atoms with E-state index in [9.17, 15) is 4.79 Å². The lowest BCUT2D eigenvalue weighted by molar-refractivity contribution is -0.114. The fourth-order valence-corrected chi connectivity index (χ4v) is 4.48. The Hall–Kier alpha value is -2.35. The van der Waals surface area contributed by atoms with Crippen molar-refractivity contribution in [2.75, 3.05) is 0 Å². The number of halogens is 2. The Bertz CT molecular complexity index is 1160. The zero-order valence-corrected chi connectivity index (χ0v) is 18.3. The van der Waals surface area contributed by atoms with E-state index >= 15 is 0 Å². The predicted octanol–water partition coefficient (Wildman–Crippen LogP) is 5.43. The summed E-state index contributed by atoms with van der Waals surface area (Å²) in [5, 5.41) is 16.7. The standard InChI is InChI=1S/C20H17Cl2N5OS/c1-4-17-25-27-18(23)14(19(28)24-20(27)29-17)8-12-7-10(2)26(11(12)3)16-9-13(21)5-6-15(16)22/h5-9,23H,4H2,1-3H3/b14-8-,23-18?. The van der Waals surface area contributed by atoms with Crippen LogP contribution in [0.25, 0.3) is 11.8 Å². The summed E-state index contributed by atoms with van der Waals surface area (Å²) in [4.78, 5) is 16.7. The van der Waals surface area contributed by atoms with E-state index in [1.807, 2.05) is 31.4 Å². The number of amides is 1. The van der Waals surface area contributed by atoms with Gasteiger partial charge in [-0.3, -0.25) is 10.2 Å². The summed E-state index contributed by atoms with van der Waals surface area (Å²) in [5.74, 6) is -0.409. The molecular weight excluding hydrogens is 429 g/mol. The van der Waals surface area contributed by atoms with Gasteiger partial charge in [0, 0.05) is 16.4 Å². The van der Waals surface area contributed by atoms with Crippen LogP contribution in [0.4, 0.5) is 0 Å². The van der Waals surface area contributed by atoms with Crippen molar-refractivity contribution in [1.29, 1.82) is 5.41 Å². The van der Waals surface area contributed by atoms with Crippen molar-refractivity contribution in [2.45, 2.75) is 27.2 Å². The lowest BCUT2D eigenvalue weighted by atomic mass is 10.1. The largest absolute Gasteiger partial charge is 0.316 e. The van der Waals surface area contributed by atoms with Crippen LogP contribution in [0.2, 0.25) is 10.0 Å². The Morgan fingerprint density at radius 2 is 2.00 bits per heavy atom. The lowest BCUT2D eigenvalue weighted by Crippen LogP contribution is -2.35. The first-order valence-corrected chi connectivity index (χ1v) is 10.5. The van der Waals surface area contributed by atoms with Crippen LogP contribution < -0.4 is 0 Å². The first kappa shape index (κ1) is 19.9. The summed E-state index contributed by atoms with van der Waals surface area (Å²) in [6, 6.07) is 7.23. The fourth-order valence-electron chi connectivity index (χ4n) is 3.29. The molecular formula is C20H17Cl2N5OS. The highest BCUT2D eigenvalue weighted by Gasteiger charge is 2.35. The minimum Gasteiger partial charge on any atom is -0.316 e. The Labute approximate surface area is 182 Å². The number of thioether (sulfide) groups is 1. The summed E-state index contributed by atoms with van der Waals surface area (Å²) < 4.78 is 1.98. The highest BCUT2D eigenvalue weighted by molar-refractivity contribution is 8.26. The average Bonchev–Trinajstić information content (AvgIpc) is 3.21. The normalized spacial score (nSPS) is 17.7. The maximum absolute atomic E-state index is 12.6. The third kappa shape index (κ3) is 3.43. The van der Waals surface area contributed by atoms with Gasteiger partial charge in [-0.2, -0.15) is 15.1 Å². The van der Waals surface area contributed by atoms with Gasteiger partial charge in [0.2, 0.25) is 5.17 Å². The molecule has 2 aromatic rings. The first-order valence-electron chi connectivity index (χ1n) is 8.93. The van der Waals surface area contributed by atoms with E-state index < -0.39 is 5.91 Å². The molecule has 0 saturated heterocycles. The van der Waals surface area contributed by atoms with Crippen LogP contribution in [-0.4, -0.2) is 31.5 Å². The van der Waals surface area contributed by atoms with Crippen molar-refractivity contribution in [1.82, 2.24) is 9.58 Å². The molecule has 1 N–H and O–H groups in total. The molecule has 6 nitrogen and oxygen atoms in total. The Kier molecular flexibility index (Phi) is 5.14. The van der Waals surface area contributed by atoms with Crippen LogP contribution in [0.15, 0.2) is 39.9 Å². The predicted molar refractivity (Wildman–Crippen MR) is 121 cm³/mol. The van der Waals surface area contributed by atoms with Gasteiger partial charge < -0.3 is 4.57 Å². The molecule has 148 valence electrons. The number of carbonyl (C=O) groups is 1. The second-order valence-corrected chi connectivity index (χ2v) is 8.51. The number of rotatable bonds is 3. The number of amidine groups is 2. The average molecular weight is 446 g/mol. The zero-order chi connectivity index (χ0) is 20.9. The first-order chi connectivity index (χ1) is 13.8. The SMILES string of the molecule is CCC1=NN2C(=N)/C(=C/c3cc(C)n(-c4cc(Cl)ccc4Cl)c3C)C(=O)N=C2S1. The molecule has 0 bridgehead atoms. The van der Waals surface area contributed by atoms with Gasteiger partial charge in [0.25, 0.3) is 5.91 Å². The van der Waals surface area contributed by atoms with E-state index in [0.29, 0.717) is 15.2 Å². The number of nitrogens with zero attached hydrogens (tertiary/aromatic N) is 4. The molecule has 1 aromatic heterocycles. The Morgan fingerprint density at radius 1 is 1.24 bits per heavy atom. The van der Waals surface area contributed by atoms with E-state index in [-0.39, 0.29) is 11.4 Å². The van der Waals surface area contributed by atoms with Gasteiger partial charge in [-0.05, 0) is 67.9 Å². The molecule has 0 atom stereocenters. The molecule has 1 amide bonds. The maximum atomic E-state index is 12.6. The number of aromatic nitrogens is 1. The van der Waals surface area contributed by atoms with Crippen molar-refractivity contribution in [3.63, 3.8) is 0 Å². The van der Waals surface area contributed by atoms with Crippen LogP contribution in [0, 0.1) is 19.3 Å². The summed E-state index contributed by atoms with van der Waals surface area (Å²) in [7, 11) is 0. The molecule has 0 radical (unpaired) electrons. The summed E-state index contributed by atoms with van der Waals surface area (Å²) in [6.45, 7) is 5.86. The molecule has 0 aliphatic carbocycles. The van der Waals surface area contributed by atoms with Gasteiger partial charge in [0.15, 0.2) is 5.84 Å². The van der Waals surface area contributed by atoms with Crippen LogP contribution in [0.1, 0.15) is 30.3 Å². The van der Waals surface area contributed by atoms with Gasteiger partial charge in [0.05, 0.1) is 16.3 Å². The van der Waals surface area contributed by atoms with Gasteiger partial charge in [-0.15, -0.1) is 0 Å². The van der Waals surface area contributed by atoms with Gasteiger partial charge >= 0.3 is 0 Å². The van der Waals surface area contributed by atoms with Gasteiger partial charge in [-0.25, -0.2) is 0 Å². The zero-order valence-electron chi connectivity index (χ0n) is 16.0. The van der Waals surface area contributed by atoms with Crippen LogP contribution in [-0.2, 0) is 4.79 Å². The van der Waals surface area contributed by atoms with Crippen LogP contribution >= 0.6 is 35.0 Å². The molecule has 2 aliphatic rings. The lowest BCUT2D eigenvalue weighted by Gasteiger charge is -2.20. The van der Waals surface area contributed by atoms with Crippen molar-refractivity contribution in [3.05, 3.63) is 56.8 Å². The van der Waals surface area contributed by atoms with Crippen LogP contribution in [0.3, 0.4) is 0 Å². The van der Waals surface area contributed by atoms with E-state index in [0.717, 1.165) is 34.1 Å². The topological polar surface area (TPSA) is 73.8 Å². The number of hydrogen-bond donors (Lipinski definition) is 1. The molecule has 29 heavy (non-hydrogen) atoms. The molecule has 4 rings (SSSR count). The van der Waals surface area contributed by atoms with E-state index in [1.165, 1.54) is 16.8 Å². The number of hydrogen-bond acceptors (Lipinski definition) is 4. The third-order valence-corrected chi connectivity index (χ3v) is 6.33. The Morgan fingerprint density at radius 3 is 2.72 bits per heavy atom. The molecule has 1 aromatic carbocycles. The van der Waals surface area contributed by atoms with Crippen molar-refractivity contribution in [3.8, 4) is 5.69 Å². The number of fused-ring (bicyclic) bond motifs is 1. The summed E-state index contributed by atoms with van der Waals surface area (Å²) >= 11 is 13.9. The third-order valence-electron chi connectivity index (χ3n) is 4.72. The minimum atomic E-state index is -0.438. The highest BCUT2D eigenvalue weighted by Crippen LogP contribution is 2.32. The Balaban J connectivity index is 1.78. The van der Waals surface area contributed by atoms with Gasteiger partial charge in [0.1, 0.15) is 5.04 Å². The molecule has 0 fully saturated rings. The summed E-state index contributed by atoms with van der Waals surface area (Å²) in [5.41, 5.74) is 3.57. The van der Waals surface area contributed by atoms with E-state index in [1.54, 1.807) is 24.3 Å². The van der Waals surface area contributed by atoms with Crippen molar-refractivity contribution < 1.29 is 4.79 Å². The fraction of sp³-hybridized carbons (Fsp3) is 0.200. The molecule has 0 saturated carbocycles. The molecule has 0 spiro atoms. The van der Waals surface area contributed by atoms with Gasteiger partial charge in [-0.1, -0.05) is 30.1 Å². The van der Waals surface area contributed by atoms with E-state index in [2.05, 4.69) is 10.1 Å². The summed E-state index contributed by atoms with van der Waals surface area (Å²) in [6.07, 6.45) is 2.41. The number of aryl methyl sites for hydroxylation is 1. The highest BCUT2D eigenvalue weighted by atomic mass is 35.5. The molecule has 2 aliphatic heterocycles. The molecule has 0 unspecified atom stereocenters. The second kappa shape index (κ2) is 7.48. The minimum absolute atomic E-state index is 0.0292. The number of hydrazone groups is 1. The molecule has 9 heteroatoms. The number of aliphatic imine (C=N–C) groups is 1. The smallest absolute Gasteiger partial charge is 0.283 e. The number of carbonyl (C=O) groups excluding carboxylic acids is 1. The number of nitrogens with one attached hydrogen (secondary N) is 1. The molecule has 3 heterocycles. The second-order valence-electron chi connectivity index (χ2n) is 6.62. The number of benzene rings is 1. The van der Waals surface area contributed by atoms with Crippen LogP contribution in [0.5, 0.6) is 0 Å². The van der Waals surface area contributed by atoms with Crippen molar-refractivity contribution >= 4 is 63.0 Å². The van der Waals surface area contributed by atoms with E-state index in [4.69, 9.17) is 28.6 Å². The maximum Gasteiger partial charge on any atom is 0.283 e. The quantitative estimate of drug-likeness (QED) is 0.639. The monoisotopic (exact) mass is 445 g/mol.